The van der Waals surface area contributed by atoms with E-state index in [-0.39, 0.29) is 22.6 Å². The SMILES string of the molecule is COC(=O)c1ccc(N2CCN(c3cnn(-c4ccccc4)c(=O)c3Cl)C(C)C2)cc1. The summed E-state index contributed by atoms with van der Waals surface area (Å²) in [7, 11) is 1.37. The third kappa shape index (κ3) is 4.14. The molecular formula is C23H23ClN4O3. The molecule has 3 aromatic rings. The monoisotopic (exact) mass is 438 g/mol. The Morgan fingerprint density at radius 2 is 1.77 bits per heavy atom. The lowest BCUT2D eigenvalue weighted by Gasteiger charge is -2.42. The van der Waals surface area contributed by atoms with Crippen molar-refractivity contribution in [3.63, 3.8) is 0 Å². The number of anilines is 2. The van der Waals surface area contributed by atoms with Gasteiger partial charge in [0, 0.05) is 31.4 Å². The maximum absolute atomic E-state index is 12.8. The summed E-state index contributed by atoms with van der Waals surface area (Å²) in [6.45, 7) is 4.28. The summed E-state index contributed by atoms with van der Waals surface area (Å²) in [5.74, 6) is -0.350. The third-order valence-corrected chi connectivity index (χ3v) is 5.85. The van der Waals surface area contributed by atoms with Gasteiger partial charge in [0.25, 0.3) is 5.56 Å². The average molecular weight is 439 g/mol. The normalized spacial score (nSPS) is 16.3. The molecule has 0 aliphatic carbocycles. The fourth-order valence-electron chi connectivity index (χ4n) is 3.85. The van der Waals surface area contributed by atoms with E-state index in [0.29, 0.717) is 23.5 Å². The smallest absolute Gasteiger partial charge is 0.337 e. The zero-order valence-corrected chi connectivity index (χ0v) is 18.1. The van der Waals surface area contributed by atoms with E-state index >= 15 is 0 Å². The number of halogens is 1. The second-order valence-corrected chi connectivity index (χ2v) is 7.80. The van der Waals surface area contributed by atoms with Crippen molar-refractivity contribution >= 4 is 28.9 Å². The van der Waals surface area contributed by atoms with Crippen molar-refractivity contribution in [2.24, 2.45) is 0 Å². The largest absolute Gasteiger partial charge is 0.465 e. The van der Waals surface area contributed by atoms with E-state index < -0.39 is 0 Å². The molecule has 31 heavy (non-hydrogen) atoms. The maximum atomic E-state index is 12.8. The molecule has 1 aromatic heterocycles. The Morgan fingerprint density at radius 3 is 2.42 bits per heavy atom. The Labute approximate surface area is 185 Å². The number of hydrogen-bond acceptors (Lipinski definition) is 6. The highest BCUT2D eigenvalue weighted by Crippen LogP contribution is 2.28. The van der Waals surface area contributed by atoms with E-state index in [2.05, 4.69) is 21.8 Å². The molecule has 2 aromatic carbocycles. The van der Waals surface area contributed by atoms with Crippen LogP contribution in [0.25, 0.3) is 5.69 Å². The van der Waals surface area contributed by atoms with Crippen LogP contribution in [-0.2, 0) is 4.74 Å². The first kappa shape index (κ1) is 20.9. The van der Waals surface area contributed by atoms with Crippen molar-refractivity contribution in [1.29, 1.82) is 0 Å². The quantitative estimate of drug-likeness (QED) is 0.582. The Hall–Kier alpha value is -3.32. The highest BCUT2D eigenvalue weighted by Gasteiger charge is 2.27. The predicted molar refractivity (Wildman–Crippen MR) is 122 cm³/mol. The lowest BCUT2D eigenvalue weighted by Crippen LogP contribution is -2.52. The van der Waals surface area contributed by atoms with Crippen LogP contribution in [0.5, 0.6) is 0 Å². The first-order valence-corrected chi connectivity index (χ1v) is 10.4. The zero-order chi connectivity index (χ0) is 22.0. The Morgan fingerprint density at radius 1 is 1.06 bits per heavy atom. The molecule has 1 aliphatic rings. The van der Waals surface area contributed by atoms with Crippen LogP contribution in [0.15, 0.2) is 65.6 Å². The van der Waals surface area contributed by atoms with Crippen LogP contribution in [0.1, 0.15) is 17.3 Å². The maximum Gasteiger partial charge on any atom is 0.337 e. The van der Waals surface area contributed by atoms with Crippen molar-refractivity contribution in [3.05, 3.63) is 81.7 Å². The minimum atomic E-state index is -0.350. The lowest BCUT2D eigenvalue weighted by molar-refractivity contribution is 0.0600. The molecule has 4 rings (SSSR count). The Bertz CT molecular complexity index is 1130. The van der Waals surface area contributed by atoms with Gasteiger partial charge >= 0.3 is 5.97 Å². The standard InChI is InChI=1S/C23H23ClN4O3/c1-16-15-26(18-10-8-17(9-11-18)23(30)31-2)12-13-27(16)20-14-25-28(22(29)21(20)24)19-6-4-3-5-7-19/h3-11,14,16H,12-13,15H2,1-2H3. The number of esters is 1. The molecule has 0 amide bonds. The molecule has 1 saturated heterocycles. The van der Waals surface area contributed by atoms with Gasteiger partial charge in [0.15, 0.2) is 0 Å². The molecule has 0 spiro atoms. The number of methoxy groups -OCH3 is 1. The van der Waals surface area contributed by atoms with Gasteiger partial charge in [-0.3, -0.25) is 4.79 Å². The van der Waals surface area contributed by atoms with E-state index in [0.717, 1.165) is 18.8 Å². The molecule has 8 heteroatoms. The van der Waals surface area contributed by atoms with Gasteiger partial charge in [0.1, 0.15) is 5.02 Å². The van der Waals surface area contributed by atoms with E-state index in [4.69, 9.17) is 16.3 Å². The van der Waals surface area contributed by atoms with Crippen LogP contribution >= 0.6 is 11.6 Å². The van der Waals surface area contributed by atoms with Gasteiger partial charge in [-0.1, -0.05) is 29.8 Å². The number of nitrogens with zero attached hydrogens (tertiary/aromatic N) is 4. The van der Waals surface area contributed by atoms with E-state index in [1.807, 2.05) is 42.5 Å². The number of ether oxygens (including phenoxy) is 1. The van der Waals surface area contributed by atoms with Crippen LogP contribution in [-0.4, -0.2) is 48.5 Å². The van der Waals surface area contributed by atoms with Crippen molar-refractivity contribution in [2.75, 3.05) is 36.5 Å². The first-order chi connectivity index (χ1) is 15.0. The molecule has 7 nitrogen and oxygen atoms in total. The molecule has 160 valence electrons. The molecule has 0 saturated carbocycles. The van der Waals surface area contributed by atoms with Gasteiger partial charge in [-0.25, -0.2) is 4.79 Å². The van der Waals surface area contributed by atoms with Gasteiger partial charge in [0.2, 0.25) is 0 Å². The third-order valence-electron chi connectivity index (χ3n) is 5.49. The van der Waals surface area contributed by atoms with Gasteiger partial charge in [-0.2, -0.15) is 9.78 Å². The van der Waals surface area contributed by atoms with E-state index in [1.165, 1.54) is 11.8 Å². The lowest BCUT2D eigenvalue weighted by atomic mass is 10.1. The number of rotatable bonds is 4. The fourth-order valence-corrected chi connectivity index (χ4v) is 4.09. The summed E-state index contributed by atoms with van der Waals surface area (Å²) >= 11 is 6.49. The molecule has 2 heterocycles. The number of carbonyl (C=O) groups is 1. The number of piperazine rings is 1. The van der Waals surface area contributed by atoms with Gasteiger partial charge < -0.3 is 14.5 Å². The van der Waals surface area contributed by atoms with Gasteiger partial charge in [-0.15, -0.1) is 0 Å². The van der Waals surface area contributed by atoms with E-state index in [1.54, 1.807) is 18.3 Å². The topological polar surface area (TPSA) is 67.7 Å². The second kappa shape index (κ2) is 8.81. The minimum Gasteiger partial charge on any atom is -0.465 e. The zero-order valence-electron chi connectivity index (χ0n) is 17.4. The number of aromatic nitrogens is 2. The van der Waals surface area contributed by atoms with Crippen LogP contribution in [0.2, 0.25) is 5.02 Å². The first-order valence-electron chi connectivity index (χ1n) is 10.0. The summed E-state index contributed by atoms with van der Waals surface area (Å²) in [6, 6.07) is 16.7. The van der Waals surface area contributed by atoms with Crippen LogP contribution < -0.4 is 15.4 Å². The highest BCUT2D eigenvalue weighted by molar-refractivity contribution is 6.33. The highest BCUT2D eigenvalue weighted by atomic mass is 35.5. The van der Waals surface area contributed by atoms with Crippen LogP contribution in [0, 0.1) is 0 Å². The van der Waals surface area contributed by atoms with Gasteiger partial charge in [-0.05, 0) is 43.3 Å². The molecule has 0 bridgehead atoms. The predicted octanol–water partition coefficient (Wildman–Crippen LogP) is 3.39. The van der Waals surface area contributed by atoms with Crippen molar-refractivity contribution < 1.29 is 9.53 Å². The summed E-state index contributed by atoms with van der Waals surface area (Å²) in [5, 5.41) is 4.52. The number of para-hydroxylation sites is 1. The Kier molecular flexibility index (Phi) is 5.95. The van der Waals surface area contributed by atoms with Crippen molar-refractivity contribution in [1.82, 2.24) is 9.78 Å². The molecule has 1 unspecified atom stereocenters. The van der Waals surface area contributed by atoms with Crippen molar-refractivity contribution in [3.8, 4) is 5.69 Å². The molecule has 0 radical (unpaired) electrons. The number of carbonyl (C=O) groups excluding carboxylic acids is 1. The average Bonchev–Trinajstić information content (AvgIpc) is 2.81. The molecule has 1 atom stereocenters. The molecule has 0 N–H and O–H groups in total. The Balaban J connectivity index is 1.52. The van der Waals surface area contributed by atoms with Crippen LogP contribution in [0.3, 0.4) is 0 Å². The molecular weight excluding hydrogens is 416 g/mol. The van der Waals surface area contributed by atoms with E-state index in [9.17, 15) is 9.59 Å². The number of hydrogen-bond donors (Lipinski definition) is 0. The summed E-state index contributed by atoms with van der Waals surface area (Å²) in [5.41, 5.74) is 2.54. The number of benzene rings is 2. The second-order valence-electron chi connectivity index (χ2n) is 7.42. The van der Waals surface area contributed by atoms with Gasteiger partial charge in [0.05, 0.1) is 30.2 Å². The molecule has 1 aliphatic heterocycles. The van der Waals surface area contributed by atoms with Crippen molar-refractivity contribution in [2.45, 2.75) is 13.0 Å². The minimum absolute atomic E-state index is 0.111. The fraction of sp³-hybridized carbons (Fsp3) is 0.261. The summed E-state index contributed by atoms with van der Waals surface area (Å²) in [4.78, 5) is 28.8. The summed E-state index contributed by atoms with van der Waals surface area (Å²) < 4.78 is 6.07. The van der Waals surface area contributed by atoms with Crippen LogP contribution in [0.4, 0.5) is 11.4 Å². The molecule has 1 fully saturated rings. The summed E-state index contributed by atoms with van der Waals surface area (Å²) in [6.07, 6.45) is 1.66.